The number of aromatic nitrogens is 1. The van der Waals surface area contributed by atoms with Crippen LogP contribution in [0, 0.1) is 6.42 Å². The van der Waals surface area contributed by atoms with Gasteiger partial charge in [0, 0.05) is 17.1 Å². The van der Waals surface area contributed by atoms with E-state index in [9.17, 15) is 13.2 Å². The lowest BCUT2D eigenvalue weighted by atomic mass is 10.1. The first-order chi connectivity index (χ1) is 9.40. The predicted molar refractivity (Wildman–Crippen MR) is 73.0 cm³/mol. The van der Waals surface area contributed by atoms with Crippen LogP contribution in [-0.4, -0.2) is 4.98 Å². The van der Waals surface area contributed by atoms with Crippen LogP contribution in [0.3, 0.4) is 0 Å². The average Bonchev–Trinajstić information content (AvgIpc) is 2.40. The summed E-state index contributed by atoms with van der Waals surface area (Å²) in [5.41, 5.74) is 0.360. The van der Waals surface area contributed by atoms with Gasteiger partial charge in [-0.15, -0.1) is 0 Å². The fourth-order valence-corrected chi connectivity index (χ4v) is 1.84. The summed E-state index contributed by atoms with van der Waals surface area (Å²) in [6, 6.07) is 6.97. The lowest BCUT2D eigenvalue weighted by Gasteiger charge is -2.15. The normalized spacial score (nSPS) is 11.4. The fraction of sp³-hybridized carbons (Fsp3) is 0.143. The summed E-state index contributed by atoms with van der Waals surface area (Å²) < 4.78 is 38.8. The molecule has 2 rings (SSSR count). The van der Waals surface area contributed by atoms with E-state index in [1.54, 1.807) is 18.6 Å². The Bertz CT molecular complexity index is 594. The third-order valence-corrected chi connectivity index (χ3v) is 2.88. The van der Waals surface area contributed by atoms with Crippen molar-refractivity contribution in [1.29, 1.82) is 0 Å². The van der Waals surface area contributed by atoms with Crippen molar-refractivity contribution in [3.63, 3.8) is 0 Å². The van der Waals surface area contributed by atoms with Crippen molar-refractivity contribution in [1.82, 2.24) is 4.98 Å². The zero-order valence-electron chi connectivity index (χ0n) is 10.5. The first-order valence-corrected chi connectivity index (χ1v) is 6.17. The van der Waals surface area contributed by atoms with E-state index >= 15 is 0 Å². The summed E-state index contributed by atoms with van der Waals surface area (Å²) >= 11 is 5.62. The Labute approximate surface area is 119 Å². The minimum atomic E-state index is -4.47. The first-order valence-electron chi connectivity index (χ1n) is 5.79. The summed E-state index contributed by atoms with van der Waals surface area (Å²) in [5.74, 6) is 0. The van der Waals surface area contributed by atoms with Crippen LogP contribution in [0.1, 0.15) is 18.2 Å². The van der Waals surface area contributed by atoms with Gasteiger partial charge in [0.05, 0.1) is 23.1 Å². The Hall–Kier alpha value is -1.75. The number of alkyl halides is 3. The second-order valence-electron chi connectivity index (χ2n) is 4.07. The Balaban J connectivity index is 2.32. The van der Waals surface area contributed by atoms with Crippen molar-refractivity contribution >= 4 is 23.0 Å². The molecule has 6 heteroatoms. The summed E-state index contributed by atoms with van der Waals surface area (Å²) in [4.78, 5) is 4.08. The lowest BCUT2D eigenvalue weighted by molar-refractivity contribution is -0.136. The Morgan fingerprint density at radius 1 is 1.20 bits per heavy atom. The van der Waals surface area contributed by atoms with Crippen LogP contribution in [0.5, 0.6) is 0 Å². The third-order valence-electron chi connectivity index (χ3n) is 2.65. The molecule has 0 amide bonds. The van der Waals surface area contributed by atoms with Crippen LogP contribution in [0.25, 0.3) is 0 Å². The maximum absolute atomic E-state index is 12.9. The van der Waals surface area contributed by atoms with Gasteiger partial charge in [0.25, 0.3) is 0 Å². The number of nitrogens with zero attached hydrogens (tertiary/aromatic N) is 1. The van der Waals surface area contributed by atoms with Crippen LogP contribution < -0.4 is 5.32 Å². The van der Waals surface area contributed by atoms with Gasteiger partial charge in [-0.2, -0.15) is 13.2 Å². The molecule has 0 saturated heterocycles. The Morgan fingerprint density at radius 2 is 1.95 bits per heavy atom. The molecule has 105 valence electrons. The fourth-order valence-electron chi connectivity index (χ4n) is 1.67. The van der Waals surface area contributed by atoms with Gasteiger partial charge < -0.3 is 5.32 Å². The van der Waals surface area contributed by atoms with Gasteiger partial charge in [0.1, 0.15) is 0 Å². The lowest BCUT2D eigenvalue weighted by Crippen LogP contribution is -2.09. The van der Waals surface area contributed by atoms with Gasteiger partial charge >= 0.3 is 6.18 Å². The summed E-state index contributed by atoms with van der Waals surface area (Å²) in [5, 5.41) is 2.74. The number of halogens is 4. The van der Waals surface area contributed by atoms with Crippen LogP contribution in [0.2, 0.25) is 5.02 Å². The highest BCUT2D eigenvalue weighted by molar-refractivity contribution is 6.30. The summed E-state index contributed by atoms with van der Waals surface area (Å²) in [7, 11) is 0. The van der Waals surface area contributed by atoms with Gasteiger partial charge in [-0.3, -0.25) is 4.98 Å². The number of hydrogen-bond acceptors (Lipinski definition) is 2. The van der Waals surface area contributed by atoms with Gasteiger partial charge in [-0.1, -0.05) is 18.5 Å². The standard InChI is InChI=1S/C14H11ClF3N2/c1-2-10-4-5-11(8-19-10)20-13-6-3-9(15)7-12(13)14(16,17)18/h2-8,20H,1H3. The average molecular weight is 300 g/mol. The van der Waals surface area contributed by atoms with Crippen molar-refractivity contribution in [3.8, 4) is 0 Å². The highest BCUT2D eigenvalue weighted by Gasteiger charge is 2.33. The highest BCUT2D eigenvalue weighted by atomic mass is 35.5. The van der Waals surface area contributed by atoms with Gasteiger partial charge in [-0.05, 0) is 30.3 Å². The molecule has 0 fully saturated rings. The smallest absolute Gasteiger partial charge is 0.354 e. The van der Waals surface area contributed by atoms with Crippen molar-refractivity contribution in [2.75, 3.05) is 5.32 Å². The van der Waals surface area contributed by atoms with E-state index in [1.165, 1.54) is 18.3 Å². The molecule has 1 aromatic carbocycles. The predicted octanol–water partition coefficient (Wildman–Crippen LogP) is 5.07. The van der Waals surface area contributed by atoms with E-state index < -0.39 is 11.7 Å². The molecule has 0 unspecified atom stereocenters. The molecule has 0 aliphatic carbocycles. The maximum Gasteiger partial charge on any atom is 0.418 e. The highest BCUT2D eigenvalue weighted by Crippen LogP contribution is 2.37. The van der Waals surface area contributed by atoms with Gasteiger partial charge in [-0.25, -0.2) is 0 Å². The molecule has 0 atom stereocenters. The molecule has 1 heterocycles. The monoisotopic (exact) mass is 299 g/mol. The van der Waals surface area contributed by atoms with Crippen LogP contribution in [0.15, 0.2) is 36.5 Å². The van der Waals surface area contributed by atoms with E-state index in [0.29, 0.717) is 5.69 Å². The van der Waals surface area contributed by atoms with Crippen molar-refractivity contribution < 1.29 is 13.2 Å². The SMILES string of the molecule is C[CH]c1ccc(Nc2ccc(Cl)cc2C(F)(F)F)cn1. The molecule has 20 heavy (non-hydrogen) atoms. The van der Waals surface area contributed by atoms with E-state index in [2.05, 4.69) is 10.3 Å². The zero-order valence-corrected chi connectivity index (χ0v) is 11.3. The first kappa shape index (κ1) is 14.7. The number of pyridine rings is 1. The Kier molecular flexibility index (Phi) is 4.18. The summed E-state index contributed by atoms with van der Waals surface area (Å²) in [6.45, 7) is 1.83. The van der Waals surface area contributed by atoms with Gasteiger partial charge in [0.15, 0.2) is 0 Å². The number of hydrogen-bond donors (Lipinski definition) is 1. The molecule has 2 nitrogen and oxygen atoms in total. The van der Waals surface area contributed by atoms with Crippen LogP contribution in [0.4, 0.5) is 24.5 Å². The van der Waals surface area contributed by atoms with Crippen molar-refractivity contribution in [3.05, 3.63) is 59.2 Å². The number of benzene rings is 1. The minimum absolute atomic E-state index is 0.0388. The van der Waals surface area contributed by atoms with Crippen molar-refractivity contribution in [2.45, 2.75) is 13.1 Å². The molecule has 2 aromatic rings. The largest absolute Gasteiger partial charge is 0.418 e. The van der Waals surface area contributed by atoms with Crippen molar-refractivity contribution in [2.24, 2.45) is 0 Å². The minimum Gasteiger partial charge on any atom is -0.354 e. The molecule has 0 bridgehead atoms. The van der Waals surface area contributed by atoms with E-state index in [-0.39, 0.29) is 10.7 Å². The van der Waals surface area contributed by atoms with E-state index in [4.69, 9.17) is 11.6 Å². The number of nitrogens with one attached hydrogen (secondary N) is 1. The molecule has 0 aliphatic heterocycles. The molecule has 1 radical (unpaired) electrons. The molecule has 1 N–H and O–H groups in total. The molecule has 0 spiro atoms. The topological polar surface area (TPSA) is 24.9 Å². The Morgan fingerprint density at radius 3 is 2.50 bits per heavy atom. The number of rotatable bonds is 3. The van der Waals surface area contributed by atoms with Crippen LogP contribution >= 0.6 is 11.6 Å². The molecular weight excluding hydrogens is 289 g/mol. The van der Waals surface area contributed by atoms with E-state index in [1.807, 2.05) is 6.92 Å². The third kappa shape index (κ3) is 3.42. The number of anilines is 2. The van der Waals surface area contributed by atoms with Crippen LogP contribution in [-0.2, 0) is 6.18 Å². The molecule has 0 aliphatic rings. The second-order valence-corrected chi connectivity index (χ2v) is 4.51. The van der Waals surface area contributed by atoms with Gasteiger partial charge in [0.2, 0.25) is 0 Å². The van der Waals surface area contributed by atoms with E-state index in [0.717, 1.165) is 11.8 Å². The molecule has 0 saturated carbocycles. The quantitative estimate of drug-likeness (QED) is 0.856. The maximum atomic E-state index is 12.9. The zero-order chi connectivity index (χ0) is 14.8. The summed E-state index contributed by atoms with van der Waals surface area (Å²) in [6.07, 6.45) is -1.20. The second kappa shape index (κ2) is 5.71. The molecule has 1 aromatic heterocycles. The molecular formula is C14H11ClF3N2.